The van der Waals surface area contributed by atoms with E-state index in [0.717, 1.165) is 0 Å². The molecule has 1 aromatic rings. The monoisotopic (exact) mass is 593 g/mol. The average Bonchev–Trinajstić information content (AvgIpc) is 2.46. The molecule has 0 bridgehead atoms. The Bertz CT molecular complexity index is 349. The standard InChI is InChI=1S/C12H13.Hf.2HI/c1-2-5-10-8-9-11-6-3-4-7-12(10)11;;;/h3-4,6-9H,2,5H2,1H3;;2*1H. The van der Waals surface area contributed by atoms with Gasteiger partial charge >= 0.3 is 94.9 Å². The first-order chi connectivity index (χ1) is 6.26. The van der Waals surface area contributed by atoms with Crippen LogP contribution >= 0.6 is 48.0 Å². The van der Waals surface area contributed by atoms with Gasteiger partial charge in [-0.05, 0) is 0 Å². The van der Waals surface area contributed by atoms with Crippen molar-refractivity contribution in [1.29, 1.82) is 0 Å². The maximum atomic E-state index is 2.41. The zero-order valence-corrected chi connectivity index (χ0v) is 16.9. The normalized spacial score (nSPS) is 21.3. The van der Waals surface area contributed by atoms with E-state index in [0.29, 0.717) is 3.17 Å². The second kappa shape index (κ2) is 6.89. The fourth-order valence-electron chi connectivity index (χ4n) is 1.98. The molecule has 1 unspecified atom stereocenters. The summed E-state index contributed by atoms with van der Waals surface area (Å²) in [5.74, 6) is 0. The third-order valence-corrected chi connectivity index (χ3v) is 5.10. The van der Waals surface area contributed by atoms with Crippen LogP contribution in [0.2, 0.25) is 0 Å². The van der Waals surface area contributed by atoms with E-state index < -0.39 is 0 Å². The summed E-state index contributed by atoms with van der Waals surface area (Å²) in [6, 6.07) is 8.80. The summed E-state index contributed by atoms with van der Waals surface area (Å²) in [5, 5.41) is 0. The van der Waals surface area contributed by atoms with Crippen molar-refractivity contribution in [3.05, 3.63) is 41.5 Å². The molecular formula is C12H15HfI2. The van der Waals surface area contributed by atoms with Crippen LogP contribution in [0.25, 0.3) is 6.08 Å². The van der Waals surface area contributed by atoms with E-state index in [9.17, 15) is 0 Å². The molecule has 0 saturated carbocycles. The Kier molecular flexibility index (Phi) is 7.48. The molecule has 0 heterocycles. The van der Waals surface area contributed by atoms with Crippen molar-refractivity contribution in [2.75, 3.05) is 0 Å². The molecular weight excluding hydrogens is 576 g/mol. The number of allylic oxidation sites excluding steroid dienone is 1. The first-order valence-electron chi connectivity index (χ1n) is 4.80. The smallest absolute Gasteiger partial charge is 0.107 e. The third-order valence-electron chi connectivity index (χ3n) is 2.63. The molecule has 0 nitrogen and oxygen atoms in total. The van der Waals surface area contributed by atoms with E-state index in [-0.39, 0.29) is 48.0 Å². The van der Waals surface area contributed by atoms with E-state index >= 15 is 0 Å². The van der Waals surface area contributed by atoms with Gasteiger partial charge in [0.1, 0.15) is 0 Å². The fourth-order valence-corrected chi connectivity index (χ4v) is 4.00. The van der Waals surface area contributed by atoms with Gasteiger partial charge in [-0.1, -0.05) is 0 Å². The van der Waals surface area contributed by atoms with Crippen LogP contribution in [0.15, 0.2) is 30.3 Å². The minimum absolute atomic E-state index is 0. The summed E-state index contributed by atoms with van der Waals surface area (Å²) in [6.45, 7) is 2.27. The molecule has 0 aromatic heterocycles. The van der Waals surface area contributed by atoms with Gasteiger partial charge in [-0.15, -0.1) is 48.0 Å². The summed E-state index contributed by atoms with van der Waals surface area (Å²) in [4.78, 5) is 0. The van der Waals surface area contributed by atoms with E-state index in [1.165, 1.54) is 42.8 Å². The topological polar surface area (TPSA) is 0 Å². The number of fused-ring (bicyclic) bond motifs is 1. The molecule has 0 fully saturated rings. The zero-order valence-electron chi connectivity index (χ0n) is 8.69. The molecule has 0 N–H and O–H groups in total. The molecule has 0 spiro atoms. The van der Waals surface area contributed by atoms with E-state index in [1.54, 1.807) is 5.56 Å². The van der Waals surface area contributed by atoms with E-state index in [4.69, 9.17) is 0 Å². The Hall–Kier alpha value is 1.29. The van der Waals surface area contributed by atoms with Crippen LogP contribution in [-0.2, 0) is 27.5 Å². The van der Waals surface area contributed by atoms with Crippen LogP contribution in [0.5, 0.6) is 0 Å². The van der Waals surface area contributed by atoms with Crippen molar-refractivity contribution in [3.8, 4) is 0 Å². The maximum Gasteiger partial charge on any atom is -0.107 e. The second-order valence-corrected chi connectivity index (χ2v) is 6.85. The summed E-state index contributed by atoms with van der Waals surface area (Å²) < 4.78 is 0.436. The van der Waals surface area contributed by atoms with Gasteiger partial charge in [0.15, 0.2) is 0 Å². The van der Waals surface area contributed by atoms with E-state index in [1.807, 2.05) is 0 Å². The van der Waals surface area contributed by atoms with Crippen molar-refractivity contribution >= 4 is 54.0 Å². The number of benzene rings is 1. The van der Waals surface area contributed by atoms with Gasteiger partial charge in [0.2, 0.25) is 0 Å². The number of halogens is 2. The molecule has 2 rings (SSSR count). The van der Waals surface area contributed by atoms with Crippen LogP contribution in [0, 0.1) is 0 Å². The van der Waals surface area contributed by atoms with E-state index in [2.05, 4.69) is 43.3 Å². The van der Waals surface area contributed by atoms with Crippen molar-refractivity contribution in [2.45, 2.75) is 22.9 Å². The Morgan fingerprint density at radius 1 is 1.20 bits per heavy atom. The van der Waals surface area contributed by atoms with Gasteiger partial charge in [-0.2, -0.15) is 0 Å². The van der Waals surface area contributed by atoms with Crippen LogP contribution in [0.1, 0.15) is 30.9 Å². The van der Waals surface area contributed by atoms with Crippen LogP contribution in [0.3, 0.4) is 0 Å². The van der Waals surface area contributed by atoms with Gasteiger partial charge in [0.25, 0.3) is 0 Å². The van der Waals surface area contributed by atoms with Gasteiger partial charge in [-0.3, -0.25) is 0 Å². The van der Waals surface area contributed by atoms with Crippen LogP contribution in [-0.4, -0.2) is 0 Å². The molecule has 1 atom stereocenters. The average molecular weight is 592 g/mol. The van der Waals surface area contributed by atoms with Crippen molar-refractivity contribution in [3.63, 3.8) is 0 Å². The van der Waals surface area contributed by atoms with Gasteiger partial charge < -0.3 is 0 Å². The predicted molar refractivity (Wildman–Crippen MR) is 82.9 cm³/mol. The summed E-state index contributed by atoms with van der Waals surface area (Å²) in [6.07, 6.45) is 7.29. The Morgan fingerprint density at radius 2 is 1.87 bits per heavy atom. The fraction of sp³-hybridized carbons (Fsp3) is 0.333. The molecule has 3 heteroatoms. The SMILES string of the molecule is CCC[C]1([Hf])C=Cc2ccccc21.I.I. The molecule has 0 aliphatic heterocycles. The van der Waals surface area contributed by atoms with Crippen molar-refractivity contribution in [1.82, 2.24) is 0 Å². The van der Waals surface area contributed by atoms with Crippen LogP contribution < -0.4 is 0 Å². The maximum absolute atomic E-state index is 2.41. The van der Waals surface area contributed by atoms with Crippen molar-refractivity contribution < 1.29 is 24.4 Å². The number of rotatable bonds is 2. The number of hydrogen-bond acceptors (Lipinski definition) is 0. The molecule has 1 aromatic carbocycles. The van der Waals surface area contributed by atoms with Gasteiger partial charge in [-0.25, -0.2) is 0 Å². The Morgan fingerprint density at radius 3 is 2.53 bits per heavy atom. The third kappa shape index (κ3) is 3.37. The summed E-state index contributed by atoms with van der Waals surface area (Å²) in [5.41, 5.74) is 2.99. The number of hydrogen-bond donors (Lipinski definition) is 0. The molecule has 81 valence electrons. The quantitative estimate of drug-likeness (QED) is 0.352. The Labute approximate surface area is 141 Å². The first-order valence-corrected chi connectivity index (χ1v) is 6.60. The van der Waals surface area contributed by atoms with Gasteiger partial charge in [0, 0.05) is 0 Å². The molecule has 1 aliphatic rings. The summed E-state index contributed by atoms with van der Waals surface area (Å²) >= 11 is 1.23. The molecule has 0 radical (unpaired) electrons. The second-order valence-electron chi connectivity index (χ2n) is 3.64. The minimum atomic E-state index is 0. The minimum Gasteiger partial charge on any atom is -0.107 e. The molecule has 0 amide bonds. The van der Waals surface area contributed by atoms with Crippen LogP contribution in [0.4, 0.5) is 0 Å². The largest absolute Gasteiger partial charge is 0.107 e. The van der Waals surface area contributed by atoms with Crippen molar-refractivity contribution in [2.24, 2.45) is 0 Å². The molecule has 15 heavy (non-hydrogen) atoms. The summed E-state index contributed by atoms with van der Waals surface area (Å²) in [7, 11) is 0. The molecule has 0 saturated heterocycles. The predicted octanol–water partition coefficient (Wildman–Crippen LogP) is 4.49. The zero-order chi connectivity index (χ0) is 9.31. The first kappa shape index (κ1) is 16.3. The van der Waals surface area contributed by atoms with Gasteiger partial charge in [0.05, 0.1) is 0 Å². The molecule has 1 aliphatic carbocycles. The Balaban J connectivity index is 0.000000980.